The molecule has 0 radical (unpaired) electrons. The van der Waals surface area contributed by atoms with E-state index in [0.717, 1.165) is 54.7 Å². The first-order valence-electron chi connectivity index (χ1n) is 9.96. The van der Waals surface area contributed by atoms with Crippen LogP contribution >= 0.6 is 35.6 Å². The summed E-state index contributed by atoms with van der Waals surface area (Å²) in [4.78, 5) is 16.1. The van der Waals surface area contributed by atoms with Gasteiger partial charge in [-0.05, 0) is 37.6 Å². The number of imidazole rings is 1. The van der Waals surface area contributed by atoms with Crippen molar-refractivity contribution in [1.82, 2.24) is 25.2 Å². The van der Waals surface area contributed by atoms with E-state index in [1.807, 2.05) is 37.4 Å². The number of guanidine groups is 1. The molecule has 1 atom stereocenters. The average molecular weight is 540 g/mol. The minimum absolute atomic E-state index is 0. The van der Waals surface area contributed by atoms with Gasteiger partial charge >= 0.3 is 0 Å². The summed E-state index contributed by atoms with van der Waals surface area (Å²) >= 11 is 6.30. The van der Waals surface area contributed by atoms with Gasteiger partial charge < -0.3 is 20.1 Å². The lowest BCUT2D eigenvalue weighted by Gasteiger charge is -2.20. The smallest absolute Gasteiger partial charge is 0.191 e. The lowest BCUT2D eigenvalue weighted by atomic mass is 10.3. The first-order chi connectivity index (χ1) is 14.2. The SMILES string of the molecule is CCNC(=NCc1nc2ccccc2n1C)NC1CCN(c2ncccc2Cl)C1.I. The summed E-state index contributed by atoms with van der Waals surface area (Å²) in [6, 6.07) is 12.2. The largest absolute Gasteiger partial charge is 0.357 e. The summed E-state index contributed by atoms with van der Waals surface area (Å²) in [5, 5.41) is 7.58. The highest BCUT2D eigenvalue weighted by Crippen LogP contribution is 2.25. The molecule has 3 aromatic rings. The van der Waals surface area contributed by atoms with Crippen molar-refractivity contribution in [2.45, 2.75) is 25.9 Å². The predicted octanol–water partition coefficient (Wildman–Crippen LogP) is 3.57. The van der Waals surface area contributed by atoms with E-state index in [0.29, 0.717) is 11.6 Å². The summed E-state index contributed by atoms with van der Waals surface area (Å²) in [5.74, 6) is 2.59. The molecule has 2 aromatic heterocycles. The molecular formula is C21H27ClIN7. The molecule has 1 saturated heterocycles. The number of aryl methyl sites for hydroxylation is 1. The quantitative estimate of drug-likeness (QED) is 0.295. The summed E-state index contributed by atoms with van der Waals surface area (Å²) < 4.78 is 2.10. The number of rotatable bonds is 5. The Morgan fingerprint density at radius 1 is 1.27 bits per heavy atom. The van der Waals surface area contributed by atoms with E-state index >= 15 is 0 Å². The number of benzene rings is 1. The Morgan fingerprint density at radius 2 is 2.10 bits per heavy atom. The normalized spacial score (nSPS) is 16.6. The molecule has 0 saturated carbocycles. The van der Waals surface area contributed by atoms with Gasteiger partial charge in [0.05, 0.1) is 16.1 Å². The van der Waals surface area contributed by atoms with Crippen LogP contribution in [0.15, 0.2) is 47.6 Å². The molecule has 1 unspecified atom stereocenters. The first kappa shape index (κ1) is 22.6. The number of halogens is 2. The van der Waals surface area contributed by atoms with Gasteiger partial charge in [0.1, 0.15) is 18.2 Å². The van der Waals surface area contributed by atoms with Crippen molar-refractivity contribution in [2.75, 3.05) is 24.5 Å². The van der Waals surface area contributed by atoms with Crippen molar-refractivity contribution in [3.63, 3.8) is 0 Å². The molecule has 30 heavy (non-hydrogen) atoms. The van der Waals surface area contributed by atoms with Crippen LogP contribution in [-0.4, -0.2) is 46.2 Å². The van der Waals surface area contributed by atoms with Crippen LogP contribution in [-0.2, 0) is 13.6 Å². The number of nitrogens with one attached hydrogen (secondary N) is 2. The standard InChI is InChI=1S/C21H26ClN7.HI/c1-3-23-21(25-13-19-27-17-8-4-5-9-18(17)28(19)2)26-15-10-12-29(14-15)20-16(22)7-6-11-24-20;/h4-9,11,15H,3,10,12-14H2,1-2H3,(H2,23,25,26);1H. The van der Waals surface area contributed by atoms with E-state index in [9.17, 15) is 0 Å². The molecule has 1 aromatic carbocycles. The highest BCUT2D eigenvalue weighted by atomic mass is 127. The molecule has 1 aliphatic heterocycles. The second kappa shape index (κ2) is 10.3. The minimum Gasteiger partial charge on any atom is -0.357 e. The fourth-order valence-corrected chi connectivity index (χ4v) is 3.92. The molecule has 4 rings (SSSR count). The molecular weight excluding hydrogens is 513 g/mol. The lowest BCUT2D eigenvalue weighted by molar-refractivity contribution is 0.647. The number of para-hydroxylation sites is 2. The van der Waals surface area contributed by atoms with Crippen LogP contribution in [0.25, 0.3) is 11.0 Å². The van der Waals surface area contributed by atoms with E-state index in [1.165, 1.54) is 0 Å². The van der Waals surface area contributed by atoms with E-state index in [2.05, 4.69) is 38.1 Å². The second-order valence-corrected chi connectivity index (χ2v) is 7.56. The molecule has 9 heteroatoms. The highest BCUT2D eigenvalue weighted by Gasteiger charge is 2.25. The number of fused-ring (bicyclic) bond motifs is 1. The van der Waals surface area contributed by atoms with Crippen molar-refractivity contribution in [2.24, 2.45) is 12.0 Å². The number of hydrogen-bond acceptors (Lipinski definition) is 4. The molecule has 1 fully saturated rings. The van der Waals surface area contributed by atoms with Crippen LogP contribution in [0.5, 0.6) is 0 Å². The van der Waals surface area contributed by atoms with Gasteiger partial charge in [-0.3, -0.25) is 0 Å². The summed E-state index contributed by atoms with van der Waals surface area (Å²) in [7, 11) is 2.03. The van der Waals surface area contributed by atoms with E-state index < -0.39 is 0 Å². The third kappa shape index (κ3) is 4.97. The van der Waals surface area contributed by atoms with E-state index in [1.54, 1.807) is 6.20 Å². The number of aromatic nitrogens is 3. The van der Waals surface area contributed by atoms with Crippen molar-refractivity contribution >= 4 is 58.4 Å². The molecule has 160 valence electrons. The summed E-state index contributed by atoms with van der Waals surface area (Å²) in [6.45, 7) is 5.15. The highest BCUT2D eigenvalue weighted by molar-refractivity contribution is 14.0. The first-order valence-corrected chi connectivity index (χ1v) is 10.3. The number of pyridine rings is 1. The topological polar surface area (TPSA) is 70.4 Å². The molecule has 7 nitrogen and oxygen atoms in total. The lowest BCUT2D eigenvalue weighted by Crippen LogP contribution is -2.44. The summed E-state index contributed by atoms with van der Waals surface area (Å²) in [6.07, 6.45) is 2.79. The van der Waals surface area contributed by atoms with Gasteiger partial charge in [0.25, 0.3) is 0 Å². The Bertz CT molecular complexity index is 1020. The molecule has 2 N–H and O–H groups in total. The van der Waals surface area contributed by atoms with Crippen LogP contribution in [0.4, 0.5) is 5.82 Å². The zero-order valence-electron chi connectivity index (χ0n) is 17.2. The van der Waals surface area contributed by atoms with Crippen LogP contribution < -0.4 is 15.5 Å². The zero-order valence-corrected chi connectivity index (χ0v) is 20.3. The Labute approximate surface area is 199 Å². The maximum Gasteiger partial charge on any atom is 0.191 e. The zero-order chi connectivity index (χ0) is 20.2. The van der Waals surface area contributed by atoms with Gasteiger partial charge in [0, 0.05) is 38.9 Å². The number of anilines is 1. The van der Waals surface area contributed by atoms with Crippen LogP contribution in [0.1, 0.15) is 19.2 Å². The molecule has 0 aliphatic carbocycles. The molecule has 0 amide bonds. The van der Waals surface area contributed by atoms with Gasteiger partial charge in [-0.2, -0.15) is 0 Å². The Balaban J connectivity index is 0.00000256. The number of aliphatic imine (C=N–C) groups is 1. The number of nitrogens with zero attached hydrogens (tertiary/aromatic N) is 5. The van der Waals surface area contributed by atoms with Crippen molar-refractivity contribution in [1.29, 1.82) is 0 Å². The summed E-state index contributed by atoms with van der Waals surface area (Å²) in [5.41, 5.74) is 2.12. The van der Waals surface area contributed by atoms with Gasteiger partial charge in [0.2, 0.25) is 0 Å². The van der Waals surface area contributed by atoms with Crippen molar-refractivity contribution in [3.8, 4) is 0 Å². The Hall–Kier alpha value is -2.07. The predicted molar refractivity (Wildman–Crippen MR) is 134 cm³/mol. The minimum atomic E-state index is 0. The van der Waals surface area contributed by atoms with Gasteiger partial charge in [-0.15, -0.1) is 24.0 Å². The molecule has 1 aliphatic rings. The average Bonchev–Trinajstić information content (AvgIpc) is 3.31. The van der Waals surface area contributed by atoms with Crippen molar-refractivity contribution in [3.05, 3.63) is 53.4 Å². The Morgan fingerprint density at radius 3 is 2.87 bits per heavy atom. The molecule has 0 spiro atoms. The fraction of sp³-hybridized carbons (Fsp3) is 0.381. The van der Waals surface area contributed by atoms with E-state index in [4.69, 9.17) is 21.6 Å². The van der Waals surface area contributed by atoms with Gasteiger partial charge in [0.15, 0.2) is 5.96 Å². The van der Waals surface area contributed by atoms with Crippen LogP contribution in [0, 0.1) is 0 Å². The van der Waals surface area contributed by atoms with Crippen molar-refractivity contribution < 1.29 is 0 Å². The monoisotopic (exact) mass is 539 g/mol. The van der Waals surface area contributed by atoms with Crippen LogP contribution in [0.2, 0.25) is 5.02 Å². The third-order valence-electron chi connectivity index (χ3n) is 5.17. The maximum atomic E-state index is 6.30. The molecule has 3 heterocycles. The van der Waals surface area contributed by atoms with Crippen LogP contribution in [0.3, 0.4) is 0 Å². The van der Waals surface area contributed by atoms with E-state index in [-0.39, 0.29) is 30.0 Å². The fourth-order valence-electron chi connectivity index (χ4n) is 3.68. The molecule has 0 bridgehead atoms. The van der Waals surface area contributed by atoms with Gasteiger partial charge in [-0.1, -0.05) is 23.7 Å². The number of hydrogen-bond donors (Lipinski definition) is 2. The Kier molecular flexibility index (Phi) is 7.76. The third-order valence-corrected chi connectivity index (χ3v) is 5.47. The maximum absolute atomic E-state index is 6.30. The van der Waals surface area contributed by atoms with Gasteiger partial charge in [-0.25, -0.2) is 15.0 Å². The second-order valence-electron chi connectivity index (χ2n) is 7.16.